The Hall–Kier alpha value is -1.79. The Morgan fingerprint density at radius 1 is 1.00 bits per heavy atom. The second-order valence-electron chi connectivity index (χ2n) is 3.86. The molecule has 21 heavy (non-hydrogen) atoms. The van der Waals surface area contributed by atoms with Gasteiger partial charge in [-0.15, -0.1) is 0 Å². The van der Waals surface area contributed by atoms with Crippen molar-refractivity contribution >= 4 is 35.1 Å². The summed E-state index contributed by atoms with van der Waals surface area (Å²) in [5, 5.41) is 3.92. The van der Waals surface area contributed by atoms with Gasteiger partial charge in [-0.3, -0.25) is 5.43 Å². The molecule has 0 spiro atoms. The van der Waals surface area contributed by atoms with E-state index in [1.165, 1.54) is 12.1 Å². The van der Waals surface area contributed by atoms with Crippen LogP contribution in [0.15, 0.2) is 29.4 Å². The second kappa shape index (κ2) is 6.32. The number of anilines is 1. The number of hydrazone groups is 1. The fourth-order valence-electron chi connectivity index (χ4n) is 1.46. The van der Waals surface area contributed by atoms with E-state index in [1.54, 1.807) is 6.07 Å². The second-order valence-corrected chi connectivity index (χ2v) is 4.64. The standard InChI is InChI=1S/C13H6Cl2F4N2/c14-7-3-1-2-6(10(7)15)5-20-21-13-11(18)8(16)4-9(17)12(13)19/h1-5,21H/b20-5-. The third kappa shape index (κ3) is 3.28. The van der Waals surface area contributed by atoms with Crippen molar-refractivity contribution in [2.24, 2.45) is 5.10 Å². The van der Waals surface area contributed by atoms with Crippen molar-refractivity contribution in [2.75, 3.05) is 5.43 Å². The predicted octanol–water partition coefficient (Wildman–Crippen LogP) is 5.00. The van der Waals surface area contributed by atoms with Gasteiger partial charge in [-0.2, -0.15) is 5.10 Å². The molecule has 110 valence electrons. The van der Waals surface area contributed by atoms with Crippen molar-refractivity contribution in [2.45, 2.75) is 0 Å². The van der Waals surface area contributed by atoms with Gasteiger partial charge in [0.1, 0.15) is 5.69 Å². The number of halogens is 6. The number of rotatable bonds is 3. The van der Waals surface area contributed by atoms with E-state index in [0.29, 0.717) is 5.56 Å². The smallest absolute Gasteiger partial charge is 0.186 e. The molecule has 1 N–H and O–H groups in total. The number of benzene rings is 2. The number of nitrogens with one attached hydrogen (secondary N) is 1. The highest BCUT2D eigenvalue weighted by molar-refractivity contribution is 6.43. The Bertz CT molecular complexity index is 694. The summed E-state index contributed by atoms with van der Waals surface area (Å²) in [6, 6.07) is 4.76. The van der Waals surface area contributed by atoms with Gasteiger partial charge < -0.3 is 0 Å². The van der Waals surface area contributed by atoms with E-state index in [9.17, 15) is 17.6 Å². The van der Waals surface area contributed by atoms with Gasteiger partial charge in [-0.1, -0.05) is 35.3 Å². The molecule has 2 aromatic carbocycles. The van der Waals surface area contributed by atoms with Crippen molar-refractivity contribution in [1.29, 1.82) is 0 Å². The quantitative estimate of drug-likeness (QED) is 0.363. The fourth-order valence-corrected chi connectivity index (χ4v) is 1.81. The molecule has 0 aliphatic heterocycles. The third-order valence-corrected chi connectivity index (χ3v) is 3.31. The molecule has 0 atom stereocenters. The van der Waals surface area contributed by atoms with E-state index in [1.807, 2.05) is 5.43 Å². The van der Waals surface area contributed by atoms with E-state index in [4.69, 9.17) is 23.2 Å². The first kappa shape index (κ1) is 15.6. The SMILES string of the molecule is Fc1cc(F)c(F)c(N/N=C\c2cccc(Cl)c2Cl)c1F. The van der Waals surface area contributed by atoms with Crippen molar-refractivity contribution < 1.29 is 17.6 Å². The summed E-state index contributed by atoms with van der Waals surface area (Å²) >= 11 is 11.6. The number of nitrogens with zero attached hydrogens (tertiary/aromatic N) is 1. The topological polar surface area (TPSA) is 24.4 Å². The first-order valence-corrected chi connectivity index (χ1v) is 6.23. The van der Waals surface area contributed by atoms with Gasteiger partial charge in [0.05, 0.1) is 16.3 Å². The molecule has 2 aromatic rings. The van der Waals surface area contributed by atoms with Gasteiger partial charge >= 0.3 is 0 Å². The zero-order valence-corrected chi connectivity index (χ0v) is 11.6. The van der Waals surface area contributed by atoms with Gasteiger partial charge in [-0.25, -0.2) is 17.6 Å². The van der Waals surface area contributed by atoms with Crippen LogP contribution in [-0.4, -0.2) is 6.21 Å². The van der Waals surface area contributed by atoms with Gasteiger partial charge in [-0.05, 0) is 6.07 Å². The Balaban J connectivity index is 2.28. The lowest BCUT2D eigenvalue weighted by molar-refractivity contribution is 0.458. The summed E-state index contributed by atoms with van der Waals surface area (Å²) in [7, 11) is 0. The summed E-state index contributed by atoms with van der Waals surface area (Å²) in [5.41, 5.74) is 1.21. The molecule has 0 fully saturated rings. The average molecular weight is 337 g/mol. The molecule has 2 nitrogen and oxygen atoms in total. The molecule has 8 heteroatoms. The molecule has 0 heterocycles. The fraction of sp³-hybridized carbons (Fsp3) is 0. The number of hydrogen-bond donors (Lipinski definition) is 1. The molecule has 2 rings (SSSR count). The first-order valence-electron chi connectivity index (χ1n) is 5.48. The third-order valence-electron chi connectivity index (χ3n) is 2.47. The van der Waals surface area contributed by atoms with Gasteiger partial charge in [0.25, 0.3) is 0 Å². The minimum Gasteiger partial charge on any atom is -0.272 e. The maximum atomic E-state index is 13.3. The van der Waals surface area contributed by atoms with Crippen LogP contribution in [0.2, 0.25) is 10.0 Å². The van der Waals surface area contributed by atoms with Crippen LogP contribution in [0.25, 0.3) is 0 Å². The van der Waals surface area contributed by atoms with Crippen molar-refractivity contribution in [3.63, 3.8) is 0 Å². The zero-order valence-electron chi connectivity index (χ0n) is 10.1. The minimum atomic E-state index is -1.58. The number of hydrogen-bond acceptors (Lipinski definition) is 2. The Labute approximate surface area is 127 Å². The van der Waals surface area contributed by atoms with Crippen LogP contribution in [0.1, 0.15) is 5.56 Å². The van der Waals surface area contributed by atoms with E-state index >= 15 is 0 Å². The molecule has 0 saturated heterocycles. The summed E-state index contributed by atoms with van der Waals surface area (Å²) in [6.45, 7) is 0. The van der Waals surface area contributed by atoms with Gasteiger partial charge in [0.2, 0.25) is 0 Å². The minimum absolute atomic E-state index is 0.105. The van der Waals surface area contributed by atoms with Crippen LogP contribution in [-0.2, 0) is 0 Å². The zero-order chi connectivity index (χ0) is 15.6. The molecule has 0 saturated carbocycles. The Kier molecular flexibility index (Phi) is 4.69. The molecule has 0 radical (unpaired) electrons. The Morgan fingerprint density at radius 3 is 2.24 bits per heavy atom. The van der Waals surface area contributed by atoms with Crippen LogP contribution >= 0.6 is 23.2 Å². The van der Waals surface area contributed by atoms with Crippen molar-refractivity contribution in [1.82, 2.24) is 0 Å². The molecule has 0 bridgehead atoms. The molecule has 0 aromatic heterocycles. The normalized spacial score (nSPS) is 11.1. The molecule has 0 amide bonds. The maximum Gasteiger partial charge on any atom is 0.186 e. The van der Waals surface area contributed by atoms with Gasteiger partial charge in [0.15, 0.2) is 23.3 Å². The molecule has 0 aliphatic rings. The van der Waals surface area contributed by atoms with Crippen molar-refractivity contribution in [3.05, 3.63) is 63.1 Å². The van der Waals surface area contributed by atoms with E-state index in [-0.39, 0.29) is 16.1 Å². The summed E-state index contributed by atoms with van der Waals surface area (Å²) in [4.78, 5) is 0. The monoisotopic (exact) mass is 336 g/mol. The largest absolute Gasteiger partial charge is 0.272 e. The van der Waals surface area contributed by atoms with Crippen LogP contribution in [0.5, 0.6) is 0 Å². The van der Waals surface area contributed by atoms with E-state index < -0.39 is 29.0 Å². The summed E-state index contributed by atoms with van der Waals surface area (Å²) in [5.74, 6) is -6.23. The first-order chi connectivity index (χ1) is 9.91. The molecular formula is C13H6Cl2F4N2. The summed E-state index contributed by atoms with van der Waals surface area (Å²) in [6.07, 6.45) is 1.11. The van der Waals surface area contributed by atoms with Gasteiger partial charge in [0, 0.05) is 11.6 Å². The van der Waals surface area contributed by atoms with E-state index in [0.717, 1.165) is 6.21 Å². The molecule has 0 unspecified atom stereocenters. The lowest BCUT2D eigenvalue weighted by Crippen LogP contribution is -2.02. The average Bonchev–Trinajstić information content (AvgIpc) is 2.45. The lowest BCUT2D eigenvalue weighted by atomic mass is 10.2. The molecular weight excluding hydrogens is 331 g/mol. The van der Waals surface area contributed by atoms with Crippen LogP contribution in [0, 0.1) is 23.3 Å². The lowest BCUT2D eigenvalue weighted by Gasteiger charge is -2.06. The highest BCUT2D eigenvalue weighted by Gasteiger charge is 2.18. The molecule has 0 aliphatic carbocycles. The summed E-state index contributed by atoms with van der Waals surface area (Å²) < 4.78 is 52.6. The highest BCUT2D eigenvalue weighted by Crippen LogP contribution is 2.25. The van der Waals surface area contributed by atoms with E-state index in [2.05, 4.69) is 5.10 Å². The van der Waals surface area contributed by atoms with Crippen LogP contribution < -0.4 is 5.43 Å². The Morgan fingerprint density at radius 2 is 1.62 bits per heavy atom. The predicted molar refractivity (Wildman–Crippen MR) is 74.0 cm³/mol. The highest BCUT2D eigenvalue weighted by atomic mass is 35.5. The maximum absolute atomic E-state index is 13.3. The van der Waals surface area contributed by atoms with Crippen molar-refractivity contribution in [3.8, 4) is 0 Å². The van der Waals surface area contributed by atoms with Crippen LogP contribution in [0.4, 0.5) is 23.2 Å². The van der Waals surface area contributed by atoms with Crippen LogP contribution in [0.3, 0.4) is 0 Å².